The third kappa shape index (κ3) is 4.04. The second-order valence-electron chi connectivity index (χ2n) is 5.85. The molecule has 1 saturated heterocycles. The first-order valence-corrected chi connectivity index (χ1v) is 8.67. The number of methoxy groups -OCH3 is 1. The van der Waals surface area contributed by atoms with E-state index in [0.29, 0.717) is 42.3 Å². The minimum atomic E-state index is -0.443. The molecule has 0 N–H and O–H groups in total. The Morgan fingerprint density at radius 1 is 1.28 bits per heavy atom. The Morgan fingerprint density at radius 3 is 2.80 bits per heavy atom. The first-order chi connectivity index (χ1) is 12.0. The van der Waals surface area contributed by atoms with Gasteiger partial charge in [0.2, 0.25) is 0 Å². The highest BCUT2D eigenvalue weighted by molar-refractivity contribution is 9.10. The molecule has 1 atom stereocenters. The molecule has 2 heterocycles. The highest BCUT2D eigenvalue weighted by atomic mass is 79.9. The molecule has 1 amide bonds. The van der Waals surface area contributed by atoms with Crippen molar-refractivity contribution in [3.8, 4) is 11.5 Å². The molecule has 2 aromatic rings. The summed E-state index contributed by atoms with van der Waals surface area (Å²) in [5.41, 5.74) is 0.109. The van der Waals surface area contributed by atoms with Crippen LogP contribution in [0.3, 0.4) is 0 Å². The molecular formula is C18H18BrNO5. The summed E-state index contributed by atoms with van der Waals surface area (Å²) in [7, 11) is 1.57. The normalized spacial score (nSPS) is 16.8. The van der Waals surface area contributed by atoms with Crippen molar-refractivity contribution in [2.45, 2.75) is 19.4 Å². The number of nitrogens with zero attached hydrogens (tertiary/aromatic N) is 1. The molecular weight excluding hydrogens is 390 g/mol. The van der Waals surface area contributed by atoms with Crippen LogP contribution >= 0.6 is 15.9 Å². The van der Waals surface area contributed by atoms with Crippen molar-refractivity contribution < 1.29 is 18.7 Å². The molecule has 0 aliphatic carbocycles. The Hall–Kier alpha value is -2.28. The maximum absolute atomic E-state index is 12.8. The Kier molecular flexibility index (Phi) is 5.13. The van der Waals surface area contributed by atoms with Gasteiger partial charge in [-0.1, -0.05) is 0 Å². The van der Waals surface area contributed by atoms with Crippen LogP contribution in [0.25, 0.3) is 0 Å². The monoisotopic (exact) mass is 407 g/mol. The fourth-order valence-electron chi connectivity index (χ4n) is 2.81. The molecule has 1 unspecified atom stereocenters. The molecule has 132 valence electrons. The van der Waals surface area contributed by atoms with E-state index in [0.717, 1.165) is 4.47 Å². The Labute approximate surface area is 153 Å². The predicted octanol–water partition coefficient (Wildman–Crippen LogP) is 3.01. The summed E-state index contributed by atoms with van der Waals surface area (Å²) >= 11 is 3.41. The van der Waals surface area contributed by atoms with E-state index < -0.39 is 5.63 Å². The van der Waals surface area contributed by atoms with Crippen LogP contribution in [-0.4, -0.2) is 37.1 Å². The lowest BCUT2D eigenvalue weighted by molar-refractivity contribution is 0.0771. The number of halogens is 1. The van der Waals surface area contributed by atoms with Gasteiger partial charge in [0.15, 0.2) is 0 Å². The van der Waals surface area contributed by atoms with Gasteiger partial charge < -0.3 is 18.8 Å². The second-order valence-corrected chi connectivity index (χ2v) is 6.70. The van der Waals surface area contributed by atoms with Gasteiger partial charge in [-0.3, -0.25) is 4.79 Å². The van der Waals surface area contributed by atoms with Crippen LogP contribution in [0, 0.1) is 6.92 Å². The molecule has 1 aromatic carbocycles. The molecule has 7 heteroatoms. The third-order valence-corrected chi connectivity index (χ3v) is 4.70. The lowest BCUT2D eigenvalue weighted by Gasteiger charge is -2.18. The van der Waals surface area contributed by atoms with E-state index in [1.165, 1.54) is 6.07 Å². The van der Waals surface area contributed by atoms with Gasteiger partial charge in [-0.25, -0.2) is 4.79 Å². The number of hydrogen-bond donors (Lipinski definition) is 0. The number of ether oxygens (including phenoxy) is 2. The third-order valence-electron chi connectivity index (χ3n) is 4.01. The zero-order valence-corrected chi connectivity index (χ0v) is 15.5. The molecule has 1 aromatic heterocycles. The largest absolute Gasteiger partial charge is 0.497 e. The van der Waals surface area contributed by atoms with Gasteiger partial charge >= 0.3 is 5.63 Å². The van der Waals surface area contributed by atoms with Crippen LogP contribution in [0.4, 0.5) is 0 Å². The van der Waals surface area contributed by atoms with Crippen molar-refractivity contribution in [3.05, 3.63) is 56.5 Å². The van der Waals surface area contributed by atoms with Gasteiger partial charge in [0.25, 0.3) is 5.91 Å². The fraction of sp³-hybridized carbons (Fsp3) is 0.333. The molecule has 1 fully saturated rings. The van der Waals surface area contributed by atoms with E-state index in [2.05, 4.69) is 15.9 Å². The van der Waals surface area contributed by atoms with E-state index in [-0.39, 0.29) is 12.0 Å². The van der Waals surface area contributed by atoms with Crippen LogP contribution in [0.2, 0.25) is 0 Å². The standard InChI is InChI=1S/C18H18BrNO5/c1-11-7-14(9-17(21)24-11)25-13-5-6-20(10-13)18(22)15-8-12(23-2)3-4-16(15)19/h3-4,7-9,13H,5-6,10H2,1-2H3. The van der Waals surface area contributed by atoms with Crippen molar-refractivity contribution in [3.63, 3.8) is 0 Å². The van der Waals surface area contributed by atoms with Gasteiger partial charge in [-0.2, -0.15) is 0 Å². The summed E-state index contributed by atoms with van der Waals surface area (Å²) < 4.78 is 16.7. The first kappa shape index (κ1) is 17.5. The number of benzene rings is 1. The van der Waals surface area contributed by atoms with Crippen molar-refractivity contribution in [1.29, 1.82) is 0 Å². The number of likely N-dealkylation sites (tertiary alicyclic amines) is 1. The predicted molar refractivity (Wildman–Crippen MR) is 95.3 cm³/mol. The van der Waals surface area contributed by atoms with Gasteiger partial charge in [0.05, 0.1) is 25.3 Å². The summed E-state index contributed by atoms with van der Waals surface area (Å²) in [6.07, 6.45) is 0.543. The molecule has 1 aliphatic heterocycles. The van der Waals surface area contributed by atoms with E-state index >= 15 is 0 Å². The zero-order valence-electron chi connectivity index (χ0n) is 14.0. The van der Waals surface area contributed by atoms with Crippen LogP contribution in [0.15, 0.2) is 44.0 Å². The second kappa shape index (κ2) is 7.31. The summed E-state index contributed by atoms with van der Waals surface area (Å²) in [5.74, 6) is 1.51. The topological polar surface area (TPSA) is 69.0 Å². The quantitative estimate of drug-likeness (QED) is 0.778. The fourth-order valence-corrected chi connectivity index (χ4v) is 3.23. The van der Waals surface area contributed by atoms with Gasteiger partial charge in [0.1, 0.15) is 23.4 Å². The molecule has 6 nitrogen and oxygen atoms in total. The minimum absolute atomic E-state index is 0.0827. The van der Waals surface area contributed by atoms with Crippen molar-refractivity contribution in [2.75, 3.05) is 20.2 Å². The molecule has 0 saturated carbocycles. The van der Waals surface area contributed by atoms with Crippen molar-refractivity contribution in [2.24, 2.45) is 0 Å². The van der Waals surface area contributed by atoms with Gasteiger partial charge in [-0.15, -0.1) is 0 Å². The van der Waals surface area contributed by atoms with Crippen LogP contribution < -0.4 is 15.1 Å². The lowest BCUT2D eigenvalue weighted by atomic mass is 10.2. The number of hydrogen-bond acceptors (Lipinski definition) is 5. The number of aryl methyl sites for hydroxylation is 1. The van der Waals surface area contributed by atoms with Gasteiger partial charge in [0, 0.05) is 23.5 Å². The highest BCUT2D eigenvalue weighted by Gasteiger charge is 2.29. The number of carbonyl (C=O) groups excluding carboxylic acids is 1. The summed E-state index contributed by atoms with van der Waals surface area (Å²) in [5, 5.41) is 0. The highest BCUT2D eigenvalue weighted by Crippen LogP contribution is 2.26. The molecule has 0 bridgehead atoms. The molecule has 0 spiro atoms. The average Bonchev–Trinajstić information content (AvgIpc) is 3.02. The zero-order chi connectivity index (χ0) is 18.0. The maximum atomic E-state index is 12.8. The van der Waals surface area contributed by atoms with Crippen LogP contribution in [0.1, 0.15) is 22.5 Å². The Balaban J connectivity index is 1.70. The summed E-state index contributed by atoms with van der Waals surface area (Å²) in [6, 6.07) is 8.29. The number of carbonyl (C=O) groups is 1. The maximum Gasteiger partial charge on any atom is 0.339 e. The van der Waals surface area contributed by atoms with E-state index in [1.54, 1.807) is 43.2 Å². The number of amides is 1. The lowest BCUT2D eigenvalue weighted by Crippen LogP contribution is -2.31. The van der Waals surface area contributed by atoms with E-state index in [4.69, 9.17) is 13.9 Å². The molecule has 3 rings (SSSR count). The average molecular weight is 408 g/mol. The first-order valence-electron chi connectivity index (χ1n) is 7.87. The smallest absolute Gasteiger partial charge is 0.339 e. The molecule has 25 heavy (non-hydrogen) atoms. The van der Waals surface area contributed by atoms with Crippen molar-refractivity contribution >= 4 is 21.8 Å². The van der Waals surface area contributed by atoms with Crippen LogP contribution in [-0.2, 0) is 0 Å². The molecule has 0 radical (unpaired) electrons. The van der Waals surface area contributed by atoms with E-state index in [1.807, 2.05) is 0 Å². The number of rotatable bonds is 4. The van der Waals surface area contributed by atoms with Gasteiger partial charge in [-0.05, 0) is 41.1 Å². The Morgan fingerprint density at radius 2 is 2.08 bits per heavy atom. The van der Waals surface area contributed by atoms with Crippen LogP contribution in [0.5, 0.6) is 11.5 Å². The Bertz CT molecular complexity index is 848. The minimum Gasteiger partial charge on any atom is -0.497 e. The van der Waals surface area contributed by atoms with E-state index in [9.17, 15) is 9.59 Å². The molecule has 1 aliphatic rings. The van der Waals surface area contributed by atoms with Crippen molar-refractivity contribution in [1.82, 2.24) is 4.90 Å². The summed E-state index contributed by atoms with van der Waals surface area (Å²) in [6.45, 7) is 2.74. The SMILES string of the molecule is COc1ccc(Br)c(C(=O)N2CCC(Oc3cc(C)oc(=O)c3)C2)c1. The summed E-state index contributed by atoms with van der Waals surface area (Å²) in [4.78, 5) is 25.9.